The number of hydrogen-bond acceptors (Lipinski definition) is 3. The average molecular weight is 206 g/mol. The van der Waals surface area contributed by atoms with Crippen LogP contribution < -0.4 is 5.73 Å². The molecule has 2 aromatic rings. The number of hydrogen-bond donors (Lipinski definition) is 1. The van der Waals surface area contributed by atoms with Crippen LogP contribution in [-0.2, 0) is 5.54 Å². The van der Waals surface area contributed by atoms with Crippen molar-refractivity contribution in [3.63, 3.8) is 0 Å². The van der Waals surface area contributed by atoms with Crippen molar-refractivity contribution in [2.24, 2.45) is 5.73 Å². The maximum atomic E-state index is 6.11. The van der Waals surface area contributed by atoms with Gasteiger partial charge in [0, 0.05) is 5.54 Å². The summed E-state index contributed by atoms with van der Waals surface area (Å²) in [5, 5.41) is 1.09. The molecular weight excluding hydrogens is 192 g/mol. The molecule has 2 N–H and O–H groups in total. The maximum Gasteiger partial charge on any atom is 0.0907 e. The first kappa shape index (κ1) is 9.62. The lowest BCUT2D eigenvalue weighted by Crippen LogP contribution is -2.28. The molecular formula is C11H14N2S. The topological polar surface area (TPSA) is 38.9 Å². The minimum absolute atomic E-state index is 0.293. The van der Waals surface area contributed by atoms with Crippen molar-refractivity contribution in [2.45, 2.75) is 26.3 Å². The largest absolute Gasteiger partial charge is 0.322 e. The number of aryl methyl sites for hydroxylation is 1. The molecule has 1 heterocycles. The van der Waals surface area contributed by atoms with E-state index in [0.717, 1.165) is 10.5 Å². The Kier molecular flexibility index (Phi) is 2.09. The Labute approximate surface area is 87.8 Å². The Morgan fingerprint density at radius 2 is 2.07 bits per heavy atom. The van der Waals surface area contributed by atoms with Gasteiger partial charge in [-0.25, -0.2) is 4.98 Å². The minimum atomic E-state index is -0.293. The first-order valence-corrected chi connectivity index (χ1v) is 5.45. The third-order valence-corrected chi connectivity index (χ3v) is 3.24. The first-order valence-electron chi connectivity index (χ1n) is 4.64. The van der Waals surface area contributed by atoms with E-state index in [1.54, 1.807) is 11.3 Å². The van der Waals surface area contributed by atoms with Gasteiger partial charge in [-0.3, -0.25) is 0 Å². The molecule has 2 rings (SSSR count). The standard InChI is InChI=1S/C11H14N2S/c1-7-13-9-6-4-5-8(10(9)14-7)11(2,3)12/h4-6H,12H2,1-3H3. The smallest absolute Gasteiger partial charge is 0.0907 e. The summed E-state index contributed by atoms with van der Waals surface area (Å²) in [6.07, 6.45) is 0. The molecule has 2 nitrogen and oxygen atoms in total. The van der Waals surface area contributed by atoms with Crippen molar-refractivity contribution >= 4 is 21.6 Å². The van der Waals surface area contributed by atoms with E-state index in [4.69, 9.17) is 5.73 Å². The highest BCUT2D eigenvalue weighted by Crippen LogP contribution is 2.30. The van der Waals surface area contributed by atoms with E-state index in [0.29, 0.717) is 0 Å². The van der Waals surface area contributed by atoms with Crippen molar-refractivity contribution in [3.05, 3.63) is 28.8 Å². The summed E-state index contributed by atoms with van der Waals surface area (Å²) in [5.74, 6) is 0. The van der Waals surface area contributed by atoms with E-state index in [2.05, 4.69) is 11.1 Å². The molecule has 74 valence electrons. The molecule has 0 radical (unpaired) electrons. The Hall–Kier alpha value is -0.930. The number of aromatic nitrogens is 1. The van der Waals surface area contributed by atoms with Crippen molar-refractivity contribution in [2.75, 3.05) is 0 Å². The lowest BCUT2D eigenvalue weighted by molar-refractivity contribution is 0.560. The summed E-state index contributed by atoms with van der Waals surface area (Å²) < 4.78 is 1.22. The van der Waals surface area contributed by atoms with E-state index >= 15 is 0 Å². The fraction of sp³-hybridized carbons (Fsp3) is 0.364. The van der Waals surface area contributed by atoms with Crippen LogP contribution in [0.1, 0.15) is 24.4 Å². The van der Waals surface area contributed by atoms with E-state index in [-0.39, 0.29) is 5.54 Å². The monoisotopic (exact) mass is 206 g/mol. The molecule has 0 fully saturated rings. The van der Waals surface area contributed by atoms with Crippen LogP contribution >= 0.6 is 11.3 Å². The average Bonchev–Trinajstić information content (AvgIpc) is 2.41. The number of nitrogens with zero attached hydrogens (tertiary/aromatic N) is 1. The van der Waals surface area contributed by atoms with Crippen LogP contribution in [0, 0.1) is 6.92 Å². The Bertz CT molecular complexity index is 466. The molecule has 0 unspecified atom stereocenters. The summed E-state index contributed by atoms with van der Waals surface area (Å²) in [6.45, 7) is 6.08. The van der Waals surface area contributed by atoms with Crippen LogP contribution in [-0.4, -0.2) is 4.98 Å². The molecule has 3 heteroatoms. The Balaban J connectivity index is 2.77. The second kappa shape index (κ2) is 3.04. The summed E-state index contributed by atoms with van der Waals surface area (Å²) in [5.41, 5.74) is 8.06. The maximum absolute atomic E-state index is 6.11. The van der Waals surface area contributed by atoms with Gasteiger partial charge < -0.3 is 5.73 Å². The number of fused-ring (bicyclic) bond motifs is 1. The van der Waals surface area contributed by atoms with Crippen LogP contribution in [0.3, 0.4) is 0 Å². The van der Waals surface area contributed by atoms with Gasteiger partial charge in [0.2, 0.25) is 0 Å². The zero-order valence-corrected chi connectivity index (χ0v) is 9.48. The van der Waals surface area contributed by atoms with Crippen LogP contribution in [0.15, 0.2) is 18.2 Å². The van der Waals surface area contributed by atoms with Gasteiger partial charge in [-0.2, -0.15) is 0 Å². The van der Waals surface area contributed by atoms with Crippen LogP contribution in [0.2, 0.25) is 0 Å². The van der Waals surface area contributed by atoms with Crippen LogP contribution in [0.25, 0.3) is 10.2 Å². The van der Waals surface area contributed by atoms with Gasteiger partial charge in [0.1, 0.15) is 0 Å². The minimum Gasteiger partial charge on any atom is -0.322 e. The summed E-state index contributed by atoms with van der Waals surface area (Å²) in [6, 6.07) is 6.14. The molecule has 0 atom stereocenters. The van der Waals surface area contributed by atoms with Gasteiger partial charge >= 0.3 is 0 Å². The molecule has 0 saturated carbocycles. The van der Waals surface area contributed by atoms with Crippen molar-refractivity contribution < 1.29 is 0 Å². The van der Waals surface area contributed by atoms with Gasteiger partial charge in [0.25, 0.3) is 0 Å². The molecule has 1 aromatic carbocycles. The van der Waals surface area contributed by atoms with Gasteiger partial charge in [-0.15, -0.1) is 11.3 Å². The van der Waals surface area contributed by atoms with Gasteiger partial charge in [-0.1, -0.05) is 12.1 Å². The van der Waals surface area contributed by atoms with Crippen LogP contribution in [0.5, 0.6) is 0 Å². The van der Waals surface area contributed by atoms with Gasteiger partial charge in [0.15, 0.2) is 0 Å². The predicted octanol–water partition coefficient (Wildman–Crippen LogP) is 2.80. The number of benzene rings is 1. The van der Waals surface area contributed by atoms with Crippen molar-refractivity contribution in [1.82, 2.24) is 4.98 Å². The van der Waals surface area contributed by atoms with E-state index in [1.165, 1.54) is 10.3 Å². The molecule has 0 bridgehead atoms. The molecule has 14 heavy (non-hydrogen) atoms. The molecule has 0 aliphatic heterocycles. The second-order valence-corrected chi connectivity index (χ2v) is 5.31. The molecule has 0 saturated heterocycles. The quantitative estimate of drug-likeness (QED) is 0.779. The molecule has 0 spiro atoms. The Morgan fingerprint density at radius 3 is 2.71 bits per heavy atom. The van der Waals surface area contributed by atoms with E-state index < -0.39 is 0 Å². The highest BCUT2D eigenvalue weighted by Gasteiger charge is 2.18. The molecule has 1 aromatic heterocycles. The third kappa shape index (κ3) is 1.53. The second-order valence-electron chi connectivity index (χ2n) is 4.11. The zero-order valence-electron chi connectivity index (χ0n) is 8.66. The lowest BCUT2D eigenvalue weighted by atomic mass is 9.95. The summed E-state index contributed by atoms with van der Waals surface area (Å²) in [7, 11) is 0. The van der Waals surface area contributed by atoms with Gasteiger partial charge in [-0.05, 0) is 32.4 Å². The SMILES string of the molecule is Cc1nc2cccc(C(C)(C)N)c2s1. The Morgan fingerprint density at radius 1 is 1.36 bits per heavy atom. The highest BCUT2D eigenvalue weighted by molar-refractivity contribution is 7.18. The lowest BCUT2D eigenvalue weighted by Gasteiger charge is -2.19. The highest BCUT2D eigenvalue weighted by atomic mass is 32.1. The number of thiazole rings is 1. The van der Waals surface area contributed by atoms with E-state index in [9.17, 15) is 0 Å². The fourth-order valence-corrected chi connectivity index (χ4v) is 2.67. The van der Waals surface area contributed by atoms with Crippen molar-refractivity contribution in [1.29, 1.82) is 0 Å². The molecule has 0 amide bonds. The normalized spacial score (nSPS) is 12.3. The predicted molar refractivity (Wildman–Crippen MR) is 61.6 cm³/mol. The van der Waals surface area contributed by atoms with Crippen molar-refractivity contribution in [3.8, 4) is 0 Å². The number of rotatable bonds is 1. The van der Waals surface area contributed by atoms with Crippen LogP contribution in [0.4, 0.5) is 0 Å². The van der Waals surface area contributed by atoms with Gasteiger partial charge in [0.05, 0.1) is 15.2 Å². The van der Waals surface area contributed by atoms with E-state index in [1.807, 2.05) is 32.9 Å². The third-order valence-electron chi connectivity index (χ3n) is 2.22. The number of nitrogens with two attached hydrogens (primary N) is 1. The fourth-order valence-electron chi connectivity index (χ4n) is 1.57. The molecule has 0 aliphatic rings. The summed E-state index contributed by atoms with van der Waals surface area (Å²) in [4.78, 5) is 4.45. The molecule has 0 aliphatic carbocycles. The first-order chi connectivity index (χ1) is 6.48. The zero-order chi connectivity index (χ0) is 10.3. The summed E-state index contributed by atoms with van der Waals surface area (Å²) >= 11 is 1.71.